The van der Waals surface area contributed by atoms with Gasteiger partial charge in [0.1, 0.15) is 17.2 Å². The molecule has 3 aromatic rings. The first-order valence-electron chi connectivity index (χ1n) is 6.80. The van der Waals surface area contributed by atoms with Crippen LogP contribution in [0.5, 0.6) is 0 Å². The van der Waals surface area contributed by atoms with Gasteiger partial charge in [0.15, 0.2) is 5.82 Å². The zero-order chi connectivity index (χ0) is 15.0. The molecule has 108 valence electrons. The minimum absolute atomic E-state index is 0.515. The molecule has 0 saturated carbocycles. The second-order valence-corrected chi connectivity index (χ2v) is 6.46. The predicted octanol–water partition coefficient (Wildman–Crippen LogP) is 3.18. The number of anilines is 1. The zero-order valence-corrected chi connectivity index (χ0v) is 14.1. The van der Waals surface area contributed by atoms with E-state index < -0.39 is 0 Å². The Morgan fingerprint density at radius 2 is 2.05 bits per heavy atom. The van der Waals surface area contributed by atoms with Gasteiger partial charge in [-0.2, -0.15) is 0 Å². The average molecular weight is 393 g/mol. The lowest BCUT2D eigenvalue weighted by molar-refractivity contribution is 0.632. The number of aromatic nitrogens is 4. The van der Waals surface area contributed by atoms with Gasteiger partial charge < -0.3 is 10.1 Å². The van der Waals surface area contributed by atoms with Crippen LogP contribution in [0.15, 0.2) is 30.6 Å². The molecule has 0 amide bonds. The third-order valence-corrected chi connectivity index (χ3v) is 4.32. The highest BCUT2D eigenvalue weighted by atomic mass is 127. The van der Waals surface area contributed by atoms with Gasteiger partial charge in [0.2, 0.25) is 0 Å². The maximum absolute atomic E-state index is 6.04. The van der Waals surface area contributed by atoms with E-state index in [1.807, 2.05) is 35.0 Å². The Kier molecular flexibility index (Phi) is 3.79. The summed E-state index contributed by atoms with van der Waals surface area (Å²) in [5.41, 5.74) is 8.64. The van der Waals surface area contributed by atoms with Crippen LogP contribution in [0.2, 0.25) is 0 Å². The summed E-state index contributed by atoms with van der Waals surface area (Å²) in [6.07, 6.45) is 4.76. The first-order chi connectivity index (χ1) is 10.0. The number of imidazole rings is 1. The summed E-state index contributed by atoms with van der Waals surface area (Å²) in [6.45, 7) is 4.33. The molecule has 0 aromatic carbocycles. The summed E-state index contributed by atoms with van der Waals surface area (Å²) in [5, 5.41) is 0. The lowest BCUT2D eigenvalue weighted by Gasteiger charge is -2.09. The molecule has 0 saturated heterocycles. The van der Waals surface area contributed by atoms with Crippen molar-refractivity contribution in [3.05, 3.63) is 39.9 Å². The number of halogens is 1. The molecule has 0 spiro atoms. The Bertz CT molecular complexity index is 761. The average Bonchev–Trinajstić information content (AvgIpc) is 2.87. The molecule has 0 aliphatic rings. The first-order valence-corrected chi connectivity index (χ1v) is 7.88. The van der Waals surface area contributed by atoms with Gasteiger partial charge in [-0.1, -0.05) is 19.9 Å². The van der Waals surface area contributed by atoms with Gasteiger partial charge >= 0.3 is 0 Å². The molecule has 3 aromatic heterocycles. The van der Waals surface area contributed by atoms with E-state index in [1.54, 1.807) is 0 Å². The van der Waals surface area contributed by atoms with Crippen LogP contribution in [0, 0.1) is 9.49 Å². The Morgan fingerprint density at radius 3 is 2.76 bits per heavy atom. The van der Waals surface area contributed by atoms with E-state index >= 15 is 0 Å². The maximum atomic E-state index is 6.04. The number of nitrogens with zero attached hydrogens (tertiary/aromatic N) is 4. The molecular weight excluding hydrogens is 377 g/mol. The van der Waals surface area contributed by atoms with Crippen molar-refractivity contribution in [2.75, 3.05) is 5.73 Å². The van der Waals surface area contributed by atoms with E-state index in [0.29, 0.717) is 17.6 Å². The Morgan fingerprint density at radius 1 is 1.24 bits per heavy atom. The second-order valence-electron chi connectivity index (χ2n) is 5.38. The van der Waals surface area contributed by atoms with Crippen LogP contribution in [0.1, 0.15) is 19.5 Å². The first kappa shape index (κ1) is 14.2. The van der Waals surface area contributed by atoms with Crippen LogP contribution in [0.25, 0.3) is 17.2 Å². The molecule has 0 aliphatic heterocycles. The molecule has 0 radical (unpaired) electrons. The highest BCUT2D eigenvalue weighted by molar-refractivity contribution is 14.1. The Balaban J connectivity index is 2.11. The minimum atomic E-state index is 0.515. The molecule has 0 fully saturated rings. The smallest absolute Gasteiger partial charge is 0.182 e. The van der Waals surface area contributed by atoms with Crippen LogP contribution >= 0.6 is 22.6 Å². The molecule has 0 aliphatic carbocycles. The van der Waals surface area contributed by atoms with Gasteiger partial charge in [-0.3, -0.25) is 0 Å². The van der Waals surface area contributed by atoms with Gasteiger partial charge in [0, 0.05) is 12.4 Å². The molecule has 2 N–H and O–H groups in total. The second kappa shape index (κ2) is 5.59. The normalized spacial score (nSPS) is 11.4. The van der Waals surface area contributed by atoms with Crippen LogP contribution < -0.4 is 5.73 Å². The number of hydrogen-bond acceptors (Lipinski definition) is 4. The molecule has 0 unspecified atom stereocenters. The van der Waals surface area contributed by atoms with Gasteiger partial charge in [0.05, 0.1) is 9.26 Å². The summed E-state index contributed by atoms with van der Waals surface area (Å²) in [5.74, 6) is 1.63. The summed E-state index contributed by atoms with van der Waals surface area (Å²) in [7, 11) is 0. The lowest BCUT2D eigenvalue weighted by Crippen LogP contribution is -2.07. The van der Waals surface area contributed by atoms with Crippen molar-refractivity contribution in [2.45, 2.75) is 20.3 Å². The fourth-order valence-electron chi connectivity index (χ4n) is 2.19. The standard InChI is InChI=1S/C15H16IN5/c1-9(2)7-10-13(16)14(17)20-15(19-10)11-8-21-6-4-3-5-12(21)18-11/h3-6,8-9H,7H2,1-2H3,(H2,17,19,20). The lowest BCUT2D eigenvalue weighted by atomic mass is 10.1. The summed E-state index contributed by atoms with van der Waals surface area (Å²) < 4.78 is 2.89. The fraction of sp³-hybridized carbons (Fsp3) is 0.267. The number of rotatable bonds is 3. The highest BCUT2D eigenvalue weighted by Gasteiger charge is 2.14. The van der Waals surface area contributed by atoms with Crippen molar-refractivity contribution in [1.82, 2.24) is 19.4 Å². The number of hydrogen-bond donors (Lipinski definition) is 1. The van der Waals surface area contributed by atoms with Gasteiger partial charge in [-0.05, 0) is 47.1 Å². The molecule has 6 heteroatoms. The molecule has 3 heterocycles. The van der Waals surface area contributed by atoms with E-state index in [2.05, 4.69) is 51.4 Å². The molecule has 3 rings (SSSR count). The number of pyridine rings is 1. The Hall–Kier alpha value is -1.70. The SMILES string of the molecule is CC(C)Cc1nc(-c2cn3ccccc3n2)nc(N)c1I. The monoisotopic (exact) mass is 393 g/mol. The topological polar surface area (TPSA) is 69.1 Å². The van der Waals surface area contributed by atoms with Crippen LogP contribution in [0.3, 0.4) is 0 Å². The molecule has 21 heavy (non-hydrogen) atoms. The maximum Gasteiger partial charge on any atom is 0.182 e. The molecule has 0 bridgehead atoms. The van der Waals surface area contributed by atoms with E-state index in [-0.39, 0.29) is 0 Å². The van der Waals surface area contributed by atoms with E-state index in [0.717, 1.165) is 27.0 Å². The van der Waals surface area contributed by atoms with Crippen molar-refractivity contribution in [1.29, 1.82) is 0 Å². The zero-order valence-electron chi connectivity index (χ0n) is 11.9. The van der Waals surface area contributed by atoms with E-state index in [4.69, 9.17) is 5.73 Å². The van der Waals surface area contributed by atoms with Gasteiger partial charge in [-0.25, -0.2) is 15.0 Å². The van der Waals surface area contributed by atoms with Crippen molar-refractivity contribution in [2.24, 2.45) is 5.92 Å². The van der Waals surface area contributed by atoms with Crippen LogP contribution in [-0.2, 0) is 6.42 Å². The fourth-order valence-corrected chi connectivity index (χ4v) is 2.65. The quantitative estimate of drug-likeness (QED) is 0.694. The minimum Gasteiger partial charge on any atom is -0.383 e. The third-order valence-electron chi connectivity index (χ3n) is 3.14. The molecule has 0 atom stereocenters. The predicted molar refractivity (Wildman–Crippen MR) is 91.9 cm³/mol. The number of nitrogen functional groups attached to an aromatic ring is 1. The van der Waals surface area contributed by atoms with Crippen LogP contribution in [-0.4, -0.2) is 19.4 Å². The molecular formula is C15H16IN5. The van der Waals surface area contributed by atoms with E-state index in [1.165, 1.54) is 0 Å². The largest absolute Gasteiger partial charge is 0.383 e. The van der Waals surface area contributed by atoms with Gasteiger partial charge in [-0.15, -0.1) is 0 Å². The van der Waals surface area contributed by atoms with Crippen molar-refractivity contribution in [3.63, 3.8) is 0 Å². The van der Waals surface area contributed by atoms with Crippen LogP contribution in [0.4, 0.5) is 5.82 Å². The van der Waals surface area contributed by atoms with Crippen molar-refractivity contribution in [3.8, 4) is 11.5 Å². The van der Waals surface area contributed by atoms with Gasteiger partial charge in [0.25, 0.3) is 0 Å². The van der Waals surface area contributed by atoms with Crippen molar-refractivity contribution >= 4 is 34.1 Å². The highest BCUT2D eigenvalue weighted by Crippen LogP contribution is 2.23. The Labute approximate surface area is 136 Å². The third kappa shape index (κ3) is 2.85. The molecule has 5 nitrogen and oxygen atoms in total. The summed E-state index contributed by atoms with van der Waals surface area (Å²) in [4.78, 5) is 13.6. The number of fused-ring (bicyclic) bond motifs is 1. The number of nitrogens with two attached hydrogens (primary N) is 1. The van der Waals surface area contributed by atoms with Crippen molar-refractivity contribution < 1.29 is 0 Å². The summed E-state index contributed by atoms with van der Waals surface area (Å²) >= 11 is 2.21. The summed E-state index contributed by atoms with van der Waals surface area (Å²) in [6, 6.07) is 5.87. The van der Waals surface area contributed by atoms with E-state index in [9.17, 15) is 0 Å².